The number of carbonyl (C=O) groups is 2. The van der Waals surface area contributed by atoms with Gasteiger partial charge in [0.25, 0.3) is 5.91 Å². The predicted molar refractivity (Wildman–Crippen MR) is 98.9 cm³/mol. The van der Waals surface area contributed by atoms with E-state index in [0.29, 0.717) is 13.1 Å². The van der Waals surface area contributed by atoms with Crippen LogP contribution in [0.5, 0.6) is 0 Å². The van der Waals surface area contributed by atoms with Gasteiger partial charge in [-0.3, -0.25) is 9.69 Å². The van der Waals surface area contributed by atoms with Crippen LogP contribution in [0.4, 0.5) is 10.5 Å². The Morgan fingerprint density at radius 3 is 2.60 bits per heavy atom. The van der Waals surface area contributed by atoms with Crippen LogP contribution >= 0.6 is 11.6 Å². The number of hydrogen-bond donors (Lipinski definition) is 1. The molecule has 0 aromatic heterocycles. The van der Waals surface area contributed by atoms with Gasteiger partial charge in [-0.05, 0) is 31.0 Å². The van der Waals surface area contributed by atoms with E-state index in [2.05, 4.69) is 22.0 Å². The molecule has 1 atom stereocenters. The van der Waals surface area contributed by atoms with Crippen LogP contribution in [0.25, 0.3) is 0 Å². The third-order valence-corrected chi connectivity index (χ3v) is 5.15. The van der Waals surface area contributed by atoms with Crippen molar-refractivity contribution in [2.75, 3.05) is 37.7 Å². The minimum atomic E-state index is -0.354. The molecule has 0 aliphatic carbocycles. The molecule has 2 fully saturated rings. The molecule has 1 aromatic rings. The molecule has 136 valence electrons. The fourth-order valence-electron chi connectivity index (χ4n) is 3.45. The van der Waals surface area contributed by atoms with Gasteiger partial charge in [-0.2, -0.15) is 0 Å². The van der Waals surface area contributed by atoms with E-state index in [9.17, 15) is 9.59 Å². The van der Waals surface area contributed by atoms with Crippen LogP contribution in [0.15, 0.2) is 18.2 Å². The number of anilines is 1. The van der Waals surface area contributed by atoms with E-state index >= 15 is 0 Å². The first-order chi connectivity index (χ1) is 12.0. The average Bonchev–Trinajstić information content (AvgIpc) is 2.86. The first-order valence-electron chi connectivity index (χ1n) is 8.85. The first kappa shape index (κ1) is 18.0. The Hall–Kier alpha value is -1.79. The van der Waals surface area contributed by atoms with E-state index in [-0.39, 0.29) is 18.0 Å². The molecular weight excluding hydrogens is 340 g/mol. The Kier molecular flexibility index (Phi) is 5.49. The number of halogens is 1. The predicted octanol–water partition coefficient (Wildman–Crippen LogP) is 2.45. The monoisotopic (exact) mass is 364 g/mol. The second kappa shape index (κ2) is 7.62. The second-order valence-electron chi connectivity index (χ2n) is 6.73. The summed E-state index contributed by atoms with van der Waals surface area (Å²) >= 11 is 6.12. The summed E-state index contributed by atoms with van der Waals surface area (Å²) in [6.07, 6.45) is 1.57. The van der Waals surface area contributed by atoms with Crippen LogP contribution < -0.4 is 10.2 Å². The van der Waals surface area contributed by atoms with E-state index in [1.165, 1.54) is 10.5 Å². The van der Waals surface area contributed by atoms with Crippen LogP contribution in [0.3, 0.4) is 0 Å². The molecule has 6 nitrogen and oxygen atoms in total. The normalized spacial score (nSPS) is 21.8. The molecule has 0 radical (unpaired) electrons. The molecule has 0 unspecified atom stereocenters. The Morgan fingerprint density at radius 1 is 1.20 bits per heavy atom. The molecule has 7 heteroatoms. The summed E-state index contributed by atoms with van der Waals surface area (Å²) in [7, 11) is 0. The Balaban J connectivity index is 1.57. The van der Waals surface area contributed by atoms with Gasteiger partial charge in [0.2, 0.25) is 0 Å². The summed E-state index contributed by atoms with van der Waals surface area (Å²) in [5.41, 5.74) is 2.36. The van der Waals surface area contributed by atoms with Gasteiger partial charge >= 0.3 is 6.03 Å². The number of nitrogens with one attached hydrogen (secondary N) is 1. The summed E-state index contributed by atoms with van der Waals surface area (Å²) in [5.74, 6) is -0.0973. The molecule has 3 amide bonds. The van der Waals surface area contributed by atoms with Crippen LogP contribution in [-0.2, 0) is 4.79 Å². The lowest BCUT2D eigenvalue weighted by molar-refractivity contribution is -0.129. The van der Waals surface area contributed by atoms with Crippen molar-refractivity contribution in [2.45, 2.75) is 32.7 Å². The van der Waals surface area contributed by atoms with Crippen molar-refractivity contribution >= 4 is 29.2 Å². The molecular formula is C18H25ClN4O2. The zero-order chi connectivity index (χ0) is 18.0. The third-order valence-electron chi connectivity index (χ3n) is 4.91. The Morgan fingerprint density at radius 2 is 1.92 bits per heavy atom. The van der Waals surface area contributed by atoms with Crippen LogP contribution in [0.1, 0.15) is 25.3 Å². The van der Waals surface area contributed by atoms with Crippen molar-refractivity contribution in [1.82, 2.24) is 15.1 Å². The summed E-state index contributed by atoms with van der Waals surface area (Å²) in [6.45, 7) is 7.78. The molecule has 2 heterocycles. The number of carbonyl (C=O) groups excluding carboxylic acids is 2. The van der Waals surface area contributed by atoms with Gasteiger partial charge in [-0.1, -0.05) is 31.0 Å². The molecule has 1 N–H and O–H groups in total. The number of aryl methyl sites for hydroxylation is 1. The van der Waals surface area contributed by atoms with Gasteiger partial charge in [-0.15, -0.1) is 0 Å². The summed E-state index contributed by atoms with van der Waals surface area (Å²) in [6, 6.07) is 5.32. The number of amides is 3. The van der Waals surface area contributed by atoms with Crippen LogP contribution in [-0.4, -0.2) is 60.6 Å². The maximum Gasteiger partial charge on any atom is 0.325 e. The molecule has 25 heavy (non-hydrogen) atoms. The number of rotatable bonds is 5. The zero-order valence-corrected chi connectivity index (χ0v) is 15.6. The lowest BCUT2D eigenvalue weighted by Gasteiger charge is -2.37. The maximum atomic E-state index is 12.3. The summed E-state index contributed by atoms with van der Waals surface area (Å²) in [5, 5.41) is 3.52. The lowest BCUT2D eigenvalue weighted by Crippen LogP contribution is -2.51. The molecule has 1 aromatic carbocycles. The van der Waals surface area contributed by atoms with Gasteiger partial charge in [-0.25, -0.2) is 9.69 Å². The third kappa shape index (κ3) is 3.90. The van der Waals surface area contributed by atoms with Crippen molar-refractivity contribution in [2.24, 2.45) is 0 Å². The number of benzene rings is 1. The Labute approximate surface area is 153 Å². The zero-order valence-electron chi connectivity index (χ0n) is 14.8. The molecule has 2 aliphatic rings. The molecule has 2 saturated heterocycles. The Bertz CT molecular complexity index is 658. The summed E-state index contributed by atoms with van der Waals surface area (Å²) < 4.78 is 0. The van der Waals surface area contributed by atoms with Gasteiger partial charge in [0.1, 0.15) is 6.04 Å². The second-order valence-corrected chi connectivity index (χ2v) is 7.17. The highest BCUT2D eigenvalue weighted by molar-refractivity contribution is 6.30. The quantitative estimate of drug-likeness (QED) is 0.815. The van der Waals surface area contributed by atoms with Crippen LogP contribution in [0, 0.1) is 6.92 Å². The van der Waals surface area contributed by atoms with Crippen molar-refractivity contribution in [3.05, 3.63) is 28.8 Å². The highest BCUT2D eigenvalue weighted by Crippen LogP contribution is 2.25. The van der Waals surface area contributed by atoms with Crippen molar-refractivity contribution in [1.29, 1.82) is 0 Å². The number of nitrogens with zero attached hydrogens (tertiary/aromatic N) is 3. The number of imide groups is 1. The number of piperazine rings is 1. The van der Waals surface area contributed by atoms with Gasteiger partial charge in [0, 0.05) is 36.9 Å². The molecule has 3 rings (SSSR count). The fourth-order valence-corrected chi connectivity index (χ4v) is 3.61. The van der Waals surface area contributed by atoms with Crippen molar-refractivity contribution in [3.63, 3.8) is 0 Å². The standard InChI is InChI=1S/C18H25ClN4O2/c1-3-4-15-17(24)23(18(25)20-15)12-21-7-9-22(10-8-21)16-11-14(19)6-5-13(16)2/h5-6,11,15H,3-4,7-10,12H2,1-2H3,(H,20,25)/t15-/m0/s1. The fraction of sp³-hybridized carbons (Fsp3) is 0.556. The molecule has 2 aliphatic heterocycles. The smallest absolute Gasteiger partial charge is 0.325 e. The van der Waals surface area contributed by atoms with E-state index < -0.39 is 0 Å². The minimum absolute atomic E-state index is 0.0973. The van der Waals surface area contributed by atoms with E-state index in [4.69, 9.17) is 11.6 Å². The number of urea groups is 1. The summed E-state index contributed by atoms with van der Waals surface area (Å²) in [4.78, 5) is 30.2. The lowest BCUT2D eigenvalue weighted by atomic mass is 10.1. The average molecular weight is 365 g/mol. The molecule has 0 bridgehead atoms. The van der Waals surface area contributed by atoms with Crippen LogP contribution in [0.2, 0.25) is 5.02 Å². The first-order valence-corrected chi connectivity index (χ1v) is 9.22. The topological polar surface area (TPSA) is 55.9 Å². The van der Waals surface area contributed by atoms with Crippen molar-refractivity contribution in [3.8, 4) is 0 Å². The highest BCUT2D eigenvalue weighted by Gasteiger charge is 2.38. The molecule has 0 spiro atoms. The maximum absolute atomic E-state index is 12.3. The van der Waals surface area contributed by atoms with E-state index in [1.807, 2.05) is 25.1 Å². The largest absolute Gasteiger partial charge is 0.369 e. The highest BCUT2D eigenvalue weighted by atomic mass is 35.5. The van der Waals surface area contributed by atoms with Crippen molar-refractivity contribution < 1.29 is 9.59 Å². The van der Waals surface area contributed by atoms with Gasteiger partial charge < -0.3 is 10.2 Å². The SMILES string of the molecule is CCC[C@@H]1NC(=O)N(CN2CCN(c3cc(Cl)ccc3C)CC2)C1=O. The van der Waals surface area contributed by atoms with E-state index in [0.717, 1.165) is 43.3 Å². The minimum Gasteiger partial charge on any atom is -0.369 e. The number of hydrogen-bond acceptors (Lipinski definition) is 4. The van der Waals surface area contributed by atoms with E-state index in [1.54, 1.807) is 0 Å². The van der Waals surface area contributed by atoms with Gasteiger partial charge in [0.15, 0.2) is 0 Å². The molecule has 0 saturated carbocycles. The van der Waals surface area contributed by atoms with Gasteiger partial charge in [0.05, 0.1) is 6.67 Å².